The lowest BCUT2D eigenvalue weighted by Gasteiger charge is -2.26. The zero-order valence-corrected chi connectivity index (χ0v) is 13.4. The van der Waals surface area contributed by atoms with E-state index in [0.29, 0.717) is 11.8 Å². The summed E-state index contributed by atoms with van der Waals surface area (Å²) in [5.74, 6) is 3.02. The van der Waals surface area contributed by atoms with Crippen LogP contribution in [0.25, 0.3) is 0 Å². The van der Waals surface area contributed by atoms with Crippen LogP contribution in [0.1, 0.15) is 68.2 Å². The van der Waals surface area contributed by atoms with E-state index in [4.69, 9.17) is 15.7 Å². The van der Waals surface area contributed by atoms with Crippen LogP contribution in [0, 0.1) is 25.7 Å². The van der Waals surface area contributed by atoms with E-state index in [-0.39, 0.29) is 0 Å². The molecule has 0 aromatic carbocycles. The molecule has 0 aliphatic heterocycles. The average molecular weight is 275 g/mol. The highest BCUT2D eigenvalue weighted by Crippen LogP contribution is 2.34. The number of aryl methyl sites for hydroxylation is 2. The fraction of sp³-hybridized carbons (Fsp3) is 0.765. The molecule has 3 heteroatoms. The predicted molar refractivity (Wildman–Crippen MR) is 83.8 cm³/mol. The predicted octanol–water partition coefficient (Wildman–Crippen LogP) is 3.52. The van der Waals surface area contributed by atoms with Gasteiger partial charge in [0.1, 0.15) is 5.82 Å². The van der Waals surface area contributed by atoms with Crippen molar-refractivity contribution in [2.75, 3.05) is 6.54 Å². The van der Waals surface area contributed by atoms with Gasteiger partial charge in [-0.3, -0.25) is 0 Å². The minimum atomic E-state index is 0.498. The Bertz CT molecular complexity index is 425. The van der Waals surface area contributed by atoms with Crippen LogP contribution >= 0.6 is 0 Å². The molecule has 1 aliphatic carbocycles. The van der Waals surface area contributed by atoms with Crippen LogP contribution < -0.4 is 5.73 Å². The van der Waals surface area contributed by atoms with Gasteiger partial charge in [0.15, 0.2) is 0 Å². The fourth-order valence-electron chi connectivity index (χ4n) is 3.19. The lowest BCUT2D eigenvalue weighted by Crippen LogP contribution is -2.18. The molecule has 1 unspecified atom stereocenters. The van der Waals surface area contributed by atoms with Crippen LogP contribution in [0.15, 0.2) is 0 Å². The highest BCUT2D eigenvalue weighted by atomic mass is 14.9. The average Bonchev–Trinajstić information content (AvgIpc) is 2.43. The number of nitrogens with zero attached hydrogens (tertiary/aromatic N) is 2. The molecule has 1 saturated carbocycles. The monoisotopic (exact) mass is 275 g/mol. The molecule has 1 aliphatic rings. The summed E-state index contributed by atoms with van der Waals surface area (Å²) in [5.41, 5.74) is 9.36. The zero-order valence-electron chi connectivity index (χ0n) is 13.4. The van der Waals surface area contributed by atoms with Crippen LogP contribution in [-0.2, 0) is 6.42 Å². The Morgan fingerprint density at radius 1 is 1.10 bits per heavy atom. The summed E-state index contributed by atoms with van der Waals surface area (Å²) in [6, 6.07) is 0. The second kappa shape index (κ2) is 6.66. The molecule has 2 rings (SSSR count). The molecule has 1 fully saturated rings. The lowest BCUT2D eigenvalue weighted by atomic mass is 9.82. The highest BCUT2D eigenvalue weighted by Gasteiger charge is 2.23. The summed E-state index contributed by atoms with van der Waals surface area (Å²) in [6.07, 6.45) is 6.13. The van der Waals surface area contributed by atoms with E-state index < -0.39 is 0 Å². The fourth-order valence-corrected chi connectivity index (χ4v) is 3.19. The Kier molecular flexibility index (Phi) is 5.14. The topological polar surface area (TPSA) is 51.8 Å². The smallest absolute Gasteiger partial charge is 0.131 e. The van der Waals surface area contributed by atoms with Crippen molar-refractivity contribution in [3.63, 3.8) is 0 Å². The summed E-state index contributed by atoms with van der Waals surface area (Å²) in [5, 5.41) is 0. The van der Waals surface area contributed by atoms with Gasteiger partial charge in [-0.25, -0.2) is 9.97 Å². The molecule has 20 heavy (non-hydrogen) atoms. The Morgan fingerprint density at radius 2 is 1.65 bits per heavy atom. The SMILES string of the molecule is Cc1nc(C2CCC(C)CC2)nc(C)c1CC(C)CN. The van der Waals surface area contributed by atoms with Crippen molar-refractivity contribution in [2.24, 2.45) is 17.6 Å². The number of rotatable bonds is 4. The number of nitrogens with two attached hydrogens (primary N) is 1. The first-order chi connectivity index (χ1) is 9.51. The minimum absolute atomic E-state index is 0.498. The molecule has 0 bridgehead atoms. The van der Waals surface area contributed by atoms with Crippen molar-refractivity contribution in [1.82, 2.24) is 9.97 Å². The lowest BCUT2D eigenvalue weighted by molar-refractivity contribution is 0.339. The van der Waals surface area contributed by atoms with Crippen LogP contribution in [-0.4, -0.2) is 16.5 Å². The van der Waals surface area contributed by atoms with Crippen molar-refractivity contribution in [3.8, 4) is 0 Å². The molecule has 1 heterocycles. The third kappa shape index (κ3) is 3.57. The second-order valence-corrected chi connectivity index (χ2v) is 6.73. The third-order valence-electron chi connectivity index (χ3n) is 4.77. The number of hydrogen-bond acceptors (Lipinski definition) is 3. The van der Waals surface area contributed by atoms with Gasteiger partial charge in [0.25, 0.3) is 0 Å². The van der Waals surface area contributed by atoms with Gasteiger partial charge in [-0.2, -0.15) is 0 Å². The summed E-state index contributed by atoms with van der Waals surface area (Å²) in [7, 11) is 0. The minimum Gasteiger partial charge on any atom is -0.330 e. The molecular weight excluding hydrogens is 246 g/mol. The molecule has 2 N–H and O–H groups in total. The van der Waals surface area contributed by atoms with Crippen molar-refractivity contribution in [3.05, 3.63) is 22.8 Å². The molecule has 1 aromatic heterocycles. The normalized spacial score (nSPS) is 24.6. The van der Waals surface area contributed by atoms with Crippen LogP contribution in [0.4, 0.5) is 0 Å². The van der Waals surface area contributed by atoms with Gasteiger partial charge in [-0.15, -0.1) is 0 Å². The molecule has 0 radical (unpaired) electrons. The van der Waals surface area contributed by atoms with Gasteiger partial charge >= 0.3 is 0 Å². The van der Waals surface area contributed by atoms with Crippen LogP contribution in [0.5, 0.6) is 0 Å². The molecule has 0 saturated heterocycles. The Morgan fingerprint density at radius 3 is 2.15 bits per heavy atom. The van der Waals surface area contributed by atoms with Crippen molar-refractivity contribution in [2.45, 2.75) is 65.7 Å². The second-order valence-electron chi connectivity index (χ2n) is 6.73. The third-order valence-corrected chi connectivity index (χ3v) is 4.77. The quantitative estimate of drug-likeness (QED) is 0.914. The molecule has 3 nitrogen and oxygen atoms in total. The highest BCUT2D eigenvalue weighted by molar-refractivity contribution is 5.25. The molecule has 1 aromatic rings. The first kappa shape index (κ1) is 15.4. The van der Waals surface area contributed by atoms with Gasteiger partial charge in [0, 0.05) is 17.3 Å². The van der Waals surface area contributed by atoms with Crippen molar-refractivity contribution >= 4 is 0 Å². The molecule has 0 amide bonds. The summed E-state index contributed by atoms with van der Waals surface area (Å²) >= 11 is 0. The van der Waals surface area contributed by atoms with Crippen LogP contribution in [0.2, 0.25) is 0 Å². The van der Waals surface area contributed by atoms with Gasteiger partial charge in [-0.05, 0) is 57.1 Å². The molecule has 112 valence electrons. The Balaban J connectivity index is 2.17. The molecular formula is C17H29N3. The summed E-state index contributed by atoms with van der Waals surface area (Å²) < 4.78 is 0. The Hall–Kier alpha value is -0.960. The summed E-state index contributed by atoms with van der Waals surface area (Å²) in [4.78, 5) is 9.64. The largest absolute Gasteiger partial charge is 0.330 e. The van der Waals surface area contributed by atoms with Crippen molar-refractivity contribution < 1.29 is 0 Å². The van der Waals surface area contributed by atoms with Gasteiger partial charge in [-0.1, -0.05) is 26.7 Å². The van der Waals surface area contributed by atoms with E-state index in [9.17, 15) is 0 Å². The standard InChI is InChI=1S/C17H29N3/c1-11-5-7-15(8-6-11)17-19-13(3)16(14(4)20-17)9-12(2)10-18/h11-12,15H,5-10,18H2,1-4H3. The van der Waals surface area contributed by atoms with Gasteiger partial charge in [0.2, 0.25) is 0 Å². The van der Waals surface area contributed by atoms with E-state index in [1.807, 2.05) is 0 Å². The van der Waals surface area contributed by atoms with Crippen molar-refractivity contribution in [1.29, 1.82) is 0 Å². The Labute approximate surface area is 123 Å². The van der Waals surface area contributed by atoms with E-state index in [1.54, 1.807) is 0 Å². The maximum atomic E-state index is 5.74. The van der Waals surface area contributed by atoms with Gasteiger partial charge in [0.05, 0.1) is 0 Å². The zero-order chi connectivity index (χ0) is 14.7. The van der Waals surface area contributed by atoms with Gasteiger partial charge < -0.3 is 5.73 Å². The maximum absolute atomic E-state index is 5.74. The molecule has 1 atom stereocenters. The van der Waals surface area contributed by atoms with E-state index in [0.717, 1.165) is 36.1 Å². The summed E-state index contributed by atoms with van der Waals surface area (Å²) in [6.45, 7) is 9.52. The van der Waals surface area contributed by atoms with Crippen LogP contribution in [0.3, 0.4) is 0 Å². The number of hydrogen-bond donors (Lipinski definition) is 1. The van der Waals surface area contributed by atoms with E-state index in [1.165, 1.54) is 31.2 Å². The molecule has 0 spiro atoms. The number of aromatic nitrogens is 2. The van der Waals surface area contributed by atoms with E-state index >= 15 is 0 Å². The first-order valence-corrected chi connectivity index (χ1v) is 8.05. The van der Waals surface area contributed by atoms with E-state index in [2.05, 4.69) is 27.7 Å². The maximum Gasteiger partial charge on any atom is 0.131 e. The first-order valence-electron chi connectivity index (χ1n) is 8.05.